The standard InChI is InChI=1S/C18H25N3O3/c1-12(2)7-6-8-13(3)19-16(22)11-21-18(24)15-10-5-4-9-14(15)17(23)20-21/h4-5,9-10,12-13H,6-8,11H2,1-3H3,(H,19,22)(H,20,23). The van der Waals surface area contributed by atoms with Gasteiger partial charge in [-0.15, -0.1) is 0 Å². The van der Waals surface area contributed by atoms with Crippen LogP contribution >= 0.6 is 0 Å². The second-order valence-corrected chi connectivity index (χ2v) is 6.67. The highest BCUT2D eigenvalue weighted by Gasteiger charge is 2.12. The van der Waals surface area contributed by atoms with Gasteiger partial charge in [0.25, 0.3) is 11.1 Å². The predicted molar refractivity (Wildman–Crippen MR) is 95.1 cm³/mol. The molecular formula is C18H25N3O3. The Kier molecular flexibility index (Phi) is 5.95. The van der Waals surface area contributed by atoms with Crippen molar-refractivity contribution in [3.63, 3.8) is 0 Å². The van der Waals surface area contributed by atoms with Crippen LogP contribution in [0.25, 0.3) is 10.8 Å². The van der Waals surface area contributed by atoms with E-state index in [0.717, 1.165) is 23.9 Å². The highest BCUT2D eigenvalue weighted by molar-refractivity contribution is 5.81. The first-order valence-electron chi connectivity index (χ1n) is 8.39. The maximum Gasteiger partial charge on any atom is 0.273 e. The fourth-order valence-electron chi connectivity index (χ4n) is 2.73. The van der Waals surface area contributed by atoms with Gasteiger partial charge in [0.1, 0.15) is 6.54 Å². The van der Waals surface area contributed by atoms with Crippen molar-refractivity contribution in [2.24, 2.45) is 5.92 Å². The van der Waals surface area contributed by atoms with E-state index >= 15 is 0 Å². The molecule has 0 aliphatic heterocycles. The van der Waals surface area contributed by atoms with Crippen LogP contribution in [0.4, 0.5) is 0 Å². The molecule has 1 aromatic carbocycles. The number of carbonyl (C=O) groups excluding carboxylic acids is 1. The molecule has 2 rings (SSSR count). The Morgan fingerprint density at radius 1 is 1.12 bits per heavy atom. The van der Waals surface area contributed by atoms with E-state index in [9.17, 15) is 14.4 Å². The van der Waals surface area contributed by atoms with Gasteiger partial charge in [-0.05, 0) is 31.4 Å². The third kappa shape index (κ3) is 4.57. The second-order valence-electron chi connectivity index (χ2n) is 6.67. The predicted octanol–water partition coefficient (Wildman–Crippen LogP) is 2.02. The topological polar surface area (TPSA) is 84.0 Å². The summed E-state index contributed by atoms with van der Waals surface area (Å²) in [6, 6.07) is 6.63. The SMILES string of the molecule is CC(C)CCCC(C)NC(=O)Cn1[nH]c(=O)c2ccccc2c1=O. The van der Waals surface area contributed by atoms with Crippen molar-refractivity contribution >= 4 is 16.7 Å². The monoisotopic (exact) mass is 331 g/mol. The van der Waals surface area contributed by atoms with Crippen LogP contribution in [0.3, 0.4) is 0 Å². The Morgan fingerprint density at radius 3 is 2.46 bits per heavy atom. The number of fused-ring (bicyclic) bond motifs is 1. The lowest BCUT2D eigenvalue weighted by atomic mass is 10.0. The number of hydrogen-bond donors (Lipinski definition) is 2. The molecule has 0 saturated carbocycles. The Morgan fingerprint density at radius 2 is 1.79 bits per heavy atom. The highest BCUT2D eigenvalue weighted by Crippen LogP contribution is 2.08. The van der Waals surface area contributed by atoms with Crippen LogP contribution in [0, 0.1) is 5.92 Å². The van der Waals surface area contributed by atoms with E-state index in [1.807, 2.05) is 6.92 Å². The van der Waals surface area contributed by atoms with Gasteiger partial charge < -0.3 is 5.32 Å². The number of H-pyrrole nitrogens is 1. The van der Waals surface area contributed by atoms with E-state index in [2.05, 4.69) is 24.3 Å². The van der Waals surface area contributed by atoms with Crippen LogP contribution in [-0.2, 0) is 11.3 Å². The summed E-state index contributed by atoms with van der Waals surface area (Å²) < 4.78 is 1.07. The lowest BCUT2D eigenvalue weighted by Gasteiger charge is -2.15. The molecule has 1 atom stereocenters. The molecule has 0 saturated heterocycles. The smallest absolute Gasteiger partial charge is 0.273 e. The molecule has 0 aliphatic rings. The molecule has 0 radical (unpaired) electrons. The number of hydrogen-bond acceptors (Lipinski definition) is 3. The summed E-state index contributed by atoms with van der Waals surface area (Å²) in [6.45, 7) is 6.11. The fraction of sp³-hybridized carbons (Fsp3) is 0.500. The zero-order chi connectivity index (χ0) is 17.7. The summed E-state index contributed by atoms with van der Waals surface area (Å²) >= 11 is 0. The Balaban J connectivity index is 2.04. The first-order valence-corrected chi connectivity index (χ1v) is 8.39. The maximum absolute atomic E-state index is 12.4. The first kappa shape index (κ1) is 18.0. The van der Waals surface area contributed by atoms with Crippen LogP contribution in [-0.4, -0.2) is 21.7 Å². The molecule has 1 unspecified atom stereocenters. The number of nitrogens with zero attached hydrogens (tertiary/aromatic N) is 1. The number of aromatic nitrogens is 2. The summed E-state index contributed by atoms with van der Waals surface area (Å²) in [5, 5.41) is 6.00. The molecule has 2 N–H and O–H groups in total. The van der Waals surface area contributed by atoms with Crippen LogP contribution in [0.5, 0.6) is 0 Å². The van der Waals surface area contributed by atoms with E-state index in [4.69, 9.17) is 0 Å². The number of rotatable bonds is 7. The quantitative estimate of drug-likeness (QED) is 0.814. The van der Waals surface area contributed by atoms with Crippen molar-refractivity contribution in [2.45, 2.75) is 52.6 Å². The average Bonchev–Trinajstić information content (AvgIpc) is 2.52. The van der Waals surface area contributed by atoms with E-state index in [0.29, 0.717) is 16.7 Å². The number of nitrogens with one attached hydrogen (secondary N) is 2. The molecule has 1 heterocycles. The largest absolute Gasteiger partial charge is 0.352 e. The molecule has 1 amide bonds. The molecule has 0 spiro atoms. The first-order chi connectivity index (χ1) is 11.4. The van der Waals surface area contributed by atoms with Crippen LogP contribution in [0.1, 0.15) is 40.0 Å². The van der Waals surface area contributed by atoms with E-state index in [1.165, 1.54) is 0 Å². The number of carbonyl (C=O) groups is 1. The molecule has 2 aromatic rings. The normalized spacial score (nSPS) is 12.5. The van der Waals surface area contributed by atoms with Crippen LogP contribution < -0.4 is 16.4 Å². The van der Waals surface area contributed by atoms with Crippen molar-refractivity contribution in [1.82, 2.24) is 15.1 Å². The van der Waals surface area contributed by atoms with Gasteiger partial charge in [-0.1, -0.05) is 38.8 Å². The zero-order valence-corrected chi connectivity index (χ0v) is 14.5. The van der Waals surface area contributed by atoms with Gasteiger partial charge in [0.05, 0.1) is 10.8 Å². The van der Waals surface area contributed by atoms with E-state index in [1.54, 1.807) is 24.3 Å². The molecule has 0 aliphatic carbocycles. The van der Waals surface area contributed by atoms with Crippen molar-refractivity contribution in [3.05, 3.63) is 45.0 Å². The maximum atomic E-state index is 12.4. The van der Waals surface area contributed by atoms with Crippen molar-refractivity contribution in [1.29, 1.82) is 0 Å². The number of aromatic amines is 1. The van der Waals surface area contributed by atoms with Gasteiger partial charge in [0.2, 0.25) is 5.91 Å². The minimum absolute atomic E-state index is 0.0409. The third-order valence-electron chi connectivity index (χ3n) is 4.01. The van der Waals surface area contributed by atoms with E-state index in [-0.39, 0.29) is 29.6 Å². The van der Waals surface area contributed by atoms with Gasteiger partial charge >= 0.3 is 0 Å². The molecule has 24 heavy (non-hydrogen) atoms. The van der Waals surface area contributed by atoms with E-state index < -0.39 is 0 Å². The number of amides is 1. The Labute approximate surface area is 140 Å². The van der Waals surface area contributed by atoms with Crippen molar-refractivity contribution < 1.29 is 4.79 Å². The van der Waals surface area contributed by atoms with Gasteiger partial charge in [-0.3, -0.25) is 19.5 Å². The lowest BCUT2D eigenvalue weighted by molar-refractivity contribution is -0.122. The summed E-state index contributed by atoms with van der Waals surface area (Å²) in [4.78, 5) is 36.5. The summed E-state index contributed by atoms with van der Waals surface area (Å²) in [7, 11) is 0. The zero-order valence-electron chi connectivity index (χ0n) is 14.5. The molecule has 6 heteroatoms. The molecule has 130 valence electrons. The second kappa shape index (κ2) is 7.95. The van der Waals surface area contributed by atoms with Crippen LogP contribution in [0.15, 0.2) is 33.9 Å². The van der Waals surface area contributed by atoms with Gasteiger partial charge in [0.15, 0.2) is 0 Å². The Hall–Kier alpha value is -2.37. The molecule has 6 nitrogen and oxygen atoms in total. The fourth-order valence-corrected chi connectivity index (χ4v) is 2.73. The minimum Gasteiger partial charge on any atom is -0.352 e. The molecule has 0 bridgehead atoms. The molecular weight excluding hydrogens is 306 g/mol. The van der Waals surface area contributed by atoms with Crippen molar-refractivity contribution in [3.8, 4) is 0 Å². The van der Waals surface area contributed by atoms with Crippen molar-refractivity contribution in [2.75, 3.05) is 0 Å². The third-order valence-corrected chi connectivity index (χ3v) is 4.01. The van der Waals surface area contributed by atoms with Gasteiger partial charge in [-0.25, -0.2) is 4.68 Å². The minimum atomic E-state index is -0.372. The molecule has 0 fully saturated rings. The average molecular weight is 331 g/mol. The highest BCUT2D eigenvalue weighted by atomic mass is 16.2. The lowest BCUT2D eigenvalue weighted by Crippen LogP contribution is -2.39. The van der Waals surface area contributed by atoms with Gasteiger partial charge in [-0.2, -0.15) is 0 Å². The summed E-state index contributed by atoms with van der Waals surface area (Å²) in [6.07, 6.45) is 3.07. The van der Waals surface area contributed by atoms with Gasteiger partial charge in [0, 0.05) is 6.04 Å². The Bertz CT molecular complexity index is 820. The van der Waals surface area contributed by atoms with Crippen LogP contribution in [0.2, 0.25) is 0 Å². The number of benzene rings is 1. The summed E-state index contributed by atoms with van der Waals surface area (Å²) in [5.41, 5.74) is -0.740. The molecule has 1 aromatic heterocycles. The summed E-state index contributed by atoms with van der Waals surface area (Å²) in [5.74, 6) is 0.370.